The number of rotatable bonds is 3. The van der Waals surface area contributed by atoms with Gasteiger partial charge in [-0.3, -0.25) is 0 Å². The third-order valence-electron chi connectivity index (χ3n) is 2.75. The van der Waals surface area contributed by atoms with E-state index in [4.69, 9.17) is 10.5 Å². The van der Waals surface area contributed by atoms with Crippen LogP contribution in [0.2, 0.25) is 0 Å². The second-order valence-corrected chi connectivity index (χ2v) is 5.69. The molecule has 0 bridgehead atoms. The van der Waals surface area contributed by atoms with E-state index in [2.05, 4.69) is 31.9 Å². The standard InChI is InChI=1S/C14H13Br2NO/c1-18-11-4-2-3-9(7-11)14(17)12-8-10(15)5-6-13(12)16/h2-8,14H,17H2,1H3. The Morgan fingerprint density at radius 2 is 1.89 bits per heavy atom. The van der Waals surface area contributed by atoms with Crippen LogP contribution in [0.1, 0.15) is 17.2 Å². The Morgan fingerprint density at radius 1 is 1.11 bits per heavy atom. The summed E-state index contributed by atoms with van der Waals surface area (Å²) in [5.74, 6) is 0.814. The first-order valence-corrected chi connectivity index (χ1v) is 7.05. The van der Waals surface area contributed by atoms with Crippen LogP contribution >= 0.6 is 31.9 Å². The van der Waals surface area contributed by atoms with Crippen molar-refractivity contribution in [2.75, 3.05) is 7.11 Å². The van der Waals surface area contributed by atoms with Crippen molar-refractivity contribution in [1.29, 1.82) is 0 Å². The quantitative estimate of drug-likeness (QED) is 0.875. The van der Waals surface area contributed by atoms with Gasteiger partial charge in [0.05, 0.1) is 13.2 Å². The van der Waals surface area contributed by atoms with Crippen LogP contribution in [-0.4, -0.2) is 7.11 Å². The van der Waals surface area contributed by atoms with Crippen LogP contribution in [-0.2, 0) is 0 Å². The Hall–Kier alpha value is -0.840. The summed E-state index contributed by atoms with van der Waals surface area (Å²) in [6, 6.07) is 13.6. The summed E-state index contributed by atoms with van der Waals surface area (Å²) in [5.41, 5.74) is 8.36. The van der Waals surface area contributed by atoms with Gasteiger partial charge in [-0.15, -0.1) is 0 Å². The normalized spacial score (nSPS) is 12.2. The van der Waals surface area contributed by atoms with Crippen molar-refractivity contribution < 1.29 is 4.74 Å². The van der Waals surface area contributed by atoms with Gasteiger partial charge < -0.3 is 10.5 Å². The Bertz CT molecular complexity index is 557. The fourth-order valence-electron chi connectivity index (χ4n) is 1.77. The Kier molecular flexibility index (Phi) is 4.43. The molecule has 94 valence electrons. The zero-order chi connectivity index (χ0) is 13.1. The highest BCUT2D eigenvalue weighted by molar-refractivity contribution is 9.11. The molecule has 0 radical (unpaired) electrons. The van der Waals surface area contributed by atoms with Gasteiger partial charge in [0.2, 0.25) is 0 Å². The lowest BCUT2D eigenvalue weighted by Gasteiger charge is -2.15. The molecule has 0 saturated heterocycles. The molecule has 2 rings (SSSR count). The van der Waals surface area contributed by atoms with Crippen molar-refractivity contribution in [1.82, 2.24) is 0 Å². The summed E-state index contributed by atoms with van der Waals surface area (Å²) < 4.78 is 7.23. The van der Waals surface area contributed by atoms with Gasteiger partial charge >= 0.3 is 0 Å². The highest BCUT2D eigenvalue weighted by atomic mass is 79.9. The predicted octanol–water partition coefficient (Wildman–Crippen LogP) is 4.27. The number of benzene rings is 2. The van der Waals surface area contributed by atoms with Crippen molar-refractivity contribution in [3.05, 3.63) is 62.5 Å². The lowest BCUT2D eigenvalue weighted by molar-refractivity contribution is 0.414. The van der Waals surface area contributed by atoms with Crippen LogP contribution in [0.5, 0.6) is 5.75 Å². The van der Waals surface area contributed by atoms with E-state index in [-0.39, 0.29) is 6.04 Å². The molecule has 2 aromatic rings. The number of methoxy groups -OCH3 is 1. The largest absolute Gasteiger partial charge is 0.497 e. The predicted molar refractivity (Wildman–Crippen MR) is 80.9 cm³/mol. The molecule has 0 aliphatic heterocycles. The molecule has 18 heavy (non-hydrogen) atoms. The molecule has 1 unspecified atom stereocenters. The van der Waals surface area contributed by atoms with E-state index in [0.717, 1.165) is 25.8 Å². The molecule has 0 aromatic heterocycles. The van der Waals surface area contributed by atoms with Gasteiger partial charge in [0.25, 0.3) is 0 Å². The molecule has 0 aliphatic carbocycles. The zero-order valence-corrected chi connectivity index (χ0v) is 13.0. The summed E-state index contributed by atoms with van der Waals surface area (Å²) in [5, 5.41) is 0. The van der Waals surface area contributed by atoms with Gasteiger partial charge in [0.1, 0.15) is 5.75 Å². The van der Waals surface area contributed by atoms with Crippen LogP contribution in [0.3, 0.4) is 0 Å². The van der Waals surface area contributed by atoms with E-state index in [9.17, 15) is 0 Å². The number of nitrogens with two attached hydrogens (primary N) is 1. The number of hydrogen-bond acceptors (Lipinski definition) is 2. The second kappa shape index (κ2) is 5.87. The molecule has 0 aliphatic rings. The monoisotopic (exact) mass is 369 g/mol. The maximum absolute atomic E-state index is 6.30. The van der Waals surface area contributed by atoms with E-state index < -0.39 is 0 Å². The van der Waals surface area contributed by atoms with Gasteiger partial charge in [0.15, 0.2) is 0 Å². The average Bonchev–Trinajstić information content (AvgIpc) is 2.41. The highest BCUT2D eigenvalue weighted by Gasteiger charge is 2.13. The highest BCUT2D eigenvalue weighted by Crippen LogP contribution is 2.30. The average molecular weight is 371 g/mol. The van der Waals surface area contributed by atoms with Gasteiger partial charge in [-0.25, -0.2) is 0 Å². The molecular formula is C14H13Br2NO. The Balaban J connectivity index is 2.40. The van der Waals surface area contributed by atoms with Gasteiger partial charge in [0, 0.05) is 8.95 Å². The maximum Gasteiger partial charge on any atom is 0.119 e. The maximum atomic E-state index is 6.30. The number of halogens is 2. The molecule has 0 saturated carbocycles. The minimum absolute atomic E-state index is 0.188. The smallest absolute Gasteiger partial charge is 0.119 e. The van der Waals surface area contributed by atoms with Gasteiger partial charge in [-0.2, -0.15) is 0 Å². The molecule has 1 atom stereocenters. The van der Waals surface area contributed by atoms with E-state index in [1.165, 1.54) is 0 Å². The van der Waals surface area contributed by atoms with Crippen molar-refractivity contribution >= 4 is 31.9 Å². The van der Waals surface area contributed by atoms with Crippen molar-refractivity contribution in [2.24, 2.45) is 5.73 Å². The Labute approximate surface area is 123 Å². The minimum atomic E-state index is -0.188. The summed E-state index contributed by atoms with van der Waals surface area (Å²) >= 11 is 7.00. The van der Waals surface area contributed by atoms with Crippen molar-refractivity contribution in [3.8, 4) is 5.75 Å². The molecule has 0 fully saturated rings. The summed E-state index contributed by atoms with van der Waals surface area (Å²) in [6.45, 7) is 0. The van der Waals surface area contributed by atoms with Crippen molar-refractivity contribution in [3.63, 3.8) is 0 Å². The lowest BCUT2D eigenvalue weighted by atomic mass is 9.99. The van der Waals surface area contributed by atoms with Gasteiger partial charge in [-0.05, 0) is 41.5 Å². The fraction of sp³-hybridized carbons (Fsp3) is 0.143. The first kappa shape index (κ1) is 13.6. The molecule has 0 heterocycles. The van der Waals surface area contributed by atoms with Crippen LogP contribution in [0.4, 0.5) is 0 Å². The molecule has 2 nitrogen and oxygen atoms in total. The third-order valence-corrected chi connectivity index (χ3v) is 3.96. The second-order valence-electron chi connectivity index (χ2n) is 3.92. The number of ether oxygens (including phenoxy) is 1. The van der Waals surface area contributed by atoms with Crippen LogP contribution in [0.25, 0.3) is 0 Å². The van der Waals surface area contributed by atoms with E-state index in [1.54, 1.807) is 7.11 Å². The first-order valence-electron chi connectivity index (χ1n) is 5.46. The molecule has 2 aromatic carbocycles. The number of hydrogen-bond donors (Lipinski definition) is 1. The first-order chi connectivity index (χ1) is 8.61. The van der Waals surface area contributed by atoms with Crippen molar-refractivity contribution in [2.45, 2.75) is 6.04 Å². The zero-order valence-electron chi connectivity index (χ0n) is 9.86. The molecule has 0 amide bonds. The van der Waals surface area contributed by atoms with Crippen LogP contribution in [0, 0.1) is 0 Å². The SMILES string of the molecule is COc1cccc(C(N)c2cc(Br)ccc2Br)c1. The molecular weight excluding hydrogens is 358 g/mol. The minimum Gasteiger partial charge on any atom is -0.497 e. The molecule has 0 spiro atoms. The van der Waals surface area contributed by atoms with Gasteiger partial charge in [-0.1, -0.05) is 44.0 Å². The molecule has 4 heteroatoms. The summed E-state index contributed by atoms with van der Waals surface area (Å²) in [4.78, 5) is 0. The van der Waals surface area contributed by atoms with E-state index in [1.807, 2.05) is 42.5 Å². The fourth-order valence-corrected chi connectivity index (χ4v) is 2.64. The Morgan fingerprint density at radius 3 is 2.61 bits per heavy atom. The van der Waals surface area contributed by atoms with E-state index in [0.29, 0.717) is 0 Å². The molecule has 2 N–H and O–H groups in total. The lowest BCUT2D eigenvalue weighted by Crippen LogP contribution is -2.12. The van der Waals surface area contributed by atoms with Crippen LogP contribution in [0.15, 0.2) is 51.4 Å². The third kappa shape index (κ3) is 2.94. The summed E-state index contributed by atoms with van der Waals surface area (Å²) in [6.07, 6.45) is 0. The van der Waals surface area contributed by atoms with E-state index >= 15 is 0 Å². The van der Waals surface area contributed by atoms with Crippen LogP contribution < -0.4 is 10.5 Å². The topological polar surface area (TPSA) is 35.2 Å². The summed E-state index contributed by atoms with van der Waals surface area (Å²) in [7, 11) is 1.65.